The molecular formula is C15H16N2O2. The van der Waals surface area contributed by atoms with Crippen molar-refractivity contribution in [2.45, 2.75) is 0 Å². The Morgan fingerprint density at radius 1 is 1.00 bits per heavy atom. The number of aldehydes is 1. The zero-order chi connectivity index (χ0) is 13.1. The molecule has 1 saturated heterocycles. The normalized spacial score (nSPS) is 15.5. The van der Waals surface area contributed by atoms with Crippen molar-refractivity contribution >= 4 is 12.0 Å². The summed E-state index contributed by atoms with van der Waals surface area (Å²) in [5.41, 5.74) is 2.87. The van der Waals surface area contributed by atoms with Gasteiger partial charge in [-0.3, -0.25) is 4.79 Å². The molecule has 0 bridgehead atoms. The van der Waals surface area contributed by atoms with Crippen LogP contribution in [0.25, 0.3) is 5.69 Å². The molecule has 1 aromatic heterocycles. The quantitative estimate of drug-likeness (QED) is 0.789. The van der Waals surface area contributed by atoms with Crippen LogP contribution in [0.3, 0.4) is 0 Å². The maximum absolute atomic E-state index is 10.9. The van der Waals surface area contributed by atoms with Crippen LogP contribution in [-0.4, -0.2) is 37.2 Å². The Kier molecular flexibility index (Phi) is 3.33. The second kappa shape index (κ2) is 5.28. The van der Waals surface area contributed by atoms with E-state index in [4.69, 9.17) is 4.74 Å². The highest BCUT2D eigenvalue weighted by Crippen LogP contribution is 2.19. The Morgan fingerprint density at radius 3 is 2.37 bits per heavy atom. The van der Waals surface area contributed by atoms with Gasteiger partial charge < -0.3 is 14.2 Å². The summed E-state index contributed by atoms with van der Waals surface area (Å²) in [6.45, 7) is 3.44. The number of hydrogen-bond acceptors (Lipinski definition) is 3. The number of carbonyl (C=O) groups is 1. The Labute approximate surface area is 112 Å². The Morgan fingerprint density at radius 2 is 1.68 bits per heavy atom. The van der Waals surface area contributed by atoms with Crippen molar-refractivity contribution in [2.24, 2.45) is 0 Å². The van der Waals surface area contributed by atoms with Crippen LogP contribution in [0, 0.1) is 0 Å². The van der Waals surface area contributed by atoms with Crippen LogP contribution in [0.2, 0.25) is 0 Å². The number of benzene rings is 1. The number of morpholine rings is 1. The molecule has 0 atom stereocenters. The average molecular weight is 256 g/mol. The van der Waals surface area contributed by atoms with Gasteiger partial charge in [-0.15, -0.1) is 0 Å². The molecule has 0 spiro atoms. The number of rotatable bonds is 3. The third kappa shape index (κ3) is 2.39. The maximum atomic E-state index is 10.9. The zero-order valence-electron chi connectivity index (χ0n) is 10.7. The predicted molar refractivity (Wildman–Crippen MR) is 74.2 cm³/mol. The largest absolute Gasteiger partial charge is 0.378 e. The summed E-state index contributed by atoms with van der Waals surface area (Å²) in [4.78, 5) is 13.2. The lowest BCUT2D eigenvalue weighted by molar-refractivity contribution is 0.111. The van der Waals surface area contributed by atoms with Gasteiger partial charge in [0.1, 0.15) is 0 Å². The molecule has 0 radical (unpaired) electrons. The number of anilines is 1. The molecule has 0 amide bonds. The number of nitrogens with zero attached hydrogens (tertiary/aromatic N) is 2. The van der Waals surface area contributed by atoms with E-state index in [9.17, 15) is 4.79 Å². The molecule has 98 valence electrons. The number of carbonyl (C=O) groups excluding carboxylic acids is 1. The van der Waals surface area contributed by atoms with Gasteiger partial charge in [0.15, 0.2) is 6.29 Å². The van der Waals surface area contributed by atoms with Gasteiger partial charge in [-0.25, -0.2) is 0 Å². The Bertz CT molecular complexity index is 554. The third-order valence-electron chi connectivity index (χ3n) is 3.41. The van der Waals surface area contributed by atoms with E-state index >= 15 is 0 Å². The highest BCUT2D eigenvalue weighted by molar-refractivity contribution is 5.74. The van der Waals surface area contributed by atoms with Crippen LogP contribution in [0.15, 0.2) is 42.6 Å². The van der Waals surface area contributed by atoms with Gasteiger partial charge in [0.2, 0.25) is 0 Å². The number of aromatic nitrogens is 1. The minimum absolute atomic E-state index is 0.666. The van der Waals surface area contributed by atoms with Crippen LogP contribution < -0.4 is 4.90 Å². The molecule has 3 rings (SSSR count). The van der Waals surface area contributed by atoms with Gasteiger partial charge in [-0.1, -0.05) is 0 Å². The zero-order valence-corrected chi connectivity index (χ0v) is 10.7. The van der Waals surface area contributed by atoms with Gasteiger partial charge in [-0.05, 0) is 36.4 Å². The first-order valence-electron chi connectivity index (χ1n) is 6.44. The first kappa shape index (κ1) is 12.0. The van der Waals surface area contributed by atoms with Crippen molar-refractivity contribution in [3.05, 3.63) is 48.3 Å². The van der Waals surface area contributed by atoms with Crippen LogP contribution in [0.4, 0.5) is 5.69 Å². The topological polar surface area (TPSA) is 34.5 Å². The summed E-state index contributed by atoms with van der Waals surface area (Å²) in [6.07, 6.45) is 2.77. The fourth-order valence-electron chi connectivity index (χ4n) is 2.37. The standard InChI is InChI=1S/C15H16N2O2/c18-12-15-2-1-7-17(15)14-5-3-13(4-6-14)16-8-10-19-11-9-16/h1-7,12H,8-11H2. The first-order valence-corrected chi connectivity index (χ1v) is 6.44. The Balaban J connectivity index is 1.84. The van der Waals surface area contributed by atoms with Crippen molar-refractivity contribution in [2.75, 3.05) is 31.2 Å². The van der Waals surface area contributed by atoms with E-state index in [1.54, 1.807) is 0 Å². The Hall–Kier alpha value is -2.07. The predicted octanol–water partition coefficient (Wildman–Crippen LogP) is 2.13. The van der Waals surface area contributed by atoms with Crippen molar-refractivity contribution in [3.63, 3.8) is 0 Å². The first-order chi connectivity index (χ1) is 9.38. The second-order valence-electron chi connectivity index (χ2n) is 4.54. The minimum atomic E-state index is 0.666. The van der Waals surface area contributed by atoms with Gasteiger partial charge in [0.05, 0.1) is 18.9 Å². The summed E-state index contributed by atoms with van der Waals surface area (Å²) in [5, 5.41) is 0. The van der Waals surface area contributed by atoms with E-state index in [1.807, 2.05) is 35.0 Å². The van der Waals surface area contributed by atoms with E-state index in [2.05, 4.69) is 17.0 Å². The molecule has 0 aliphatic carbocycles. The third-order valence-corrected chi connectivity index (χ3v) is 3.41. The SMILES string of the molecule is O=Cc1cccn1-c1ccc(N2CCOCC2)cc1. The van der Waals surface area contributed by atoms with Crippen molar-refractivity contribution in [3.8, 4) is 5.69 Å². The lowest BCUT2D eigenvalue weighted by Gasteiger charge is -2.29. The van der Waals surface area contributed by atoms with Crippen molar-refractivity contribution in [1.82, 2.24) is 4.57 Å². The monoisotopic (exact) mass is 256 g/mol. The summed E-state index contributed by atoms with van der Waals surface area (Å²) < 4.78 is 7.23. The van der Waals surface area contributed by atoms with E-state index in [1.165, 1.54) is 5.69 Å². The fraction of sp³-hybridized carbons (Fsp3) is 0.267. The maximum Gasteiger partial charge on any atom is 0.166 e. The lowest BCUT2D eigenvalue weighted by atomic mass is 10.2. The molecule has 2 heterocycles. The van der Waals surface area contributed by atoms with Crippen molar-refractivity contribution in [1.29, 1.82) is 0 Å². The highest BCUT2D eigenvalue weighted by atomic mass is 16.5. The number of ether oxygens (including phenoxy) is 1. The molecule has 1 fully saturated rings. The lowest BCUT2D eigenvalue weighted by Crippen LogP contribution is -2.36. The van der Waals surface area contributed by atoms with E-state index in [-0.39, 0.29) is 0 Å². The molecular weight excluding hydrogens is 240 g/mol. The van der Waals surface area contributed by atoms with E-state index < -0.39 is 0 Å². The molecule has 0 N–H and O–H groups in total. The highest BCUT2D eigenvalue weighted by Gasteiger charge is 2.11. The van der Waals surface area contributed by atoms with Gasteiger partial charge in [-0.2, -0.15) is 0 Å². The summed E-state index contributed by atoms with van der Waals surface area (Å²) in [6, 6.07) is 11.9. The molecule has 19 heavy (non-hydrogen) atoms. The molecule has 2 aromatic rings. The average Bonchev–Trinajstić information content (AvgIpc) is 2.97. The van der Waals surface area contributed by atoms with Crippen molar-refractivity contribution < 1.29 is 9.53 Å². The molecule has 0 saturated carbocycles. The smallest absolute Gasteiger partial charge is 0.166 e. The molecule has 4 heteroatoms. The summed E-state index contributed by atoms with van der Waals surface area (Å²) >= 11 is 0. The number of hydrogen-bond donors (Lipinski definition) is 0. The van der Waals surface area contributed by atoms with Gasteiger partial charge in [0.25, 0.3) is 0 Å². The molecule has 1 aliphatic rings. The molecule has 0 unspecified atom stereocenters. The van der Waals surface area contributed by atoms with E-state index in [0.717, 1.165) is 38.3 Å². The van der Waals surface area contributed by atoms with E-state index in [0.29, 0.717) is 5.69 Å². The molecule has 1 aromatic carbocycles. The summed E-state index contributed by atoms with van der Waals surface area (Å²) in [5.74, 6) is 0. The molecule has 1 aliphatic heterocycles. The van der Waals surface area contributed by atoms with Gasteiger partial charge in [0, 0.05) is 30.7 Å². The van der Waals surface area contributed by atoms with Gasteiger partial charge >= 0.3 is 0 Å². The van der Waals surface area contributed by atoms with Crippen LogP contribution in [-0.2, 0) is 4.74 Å². The van der Waals surface area contributed by atoms with Crippen LogP contribution in [0.5, 0.6) is 0 Å². The fourth-order valence-corrected chi connectivity index (χ4v) is 2.37. The second-order valence-corrected chi connectivity index (χ2v) is 4.54. The minimum Gasteiger partial charge on any atom is -0.378 e. The van der Waals surface area contributed by atoms with Crippen LogP contribution >= 0.6 is 0 Å². The molecule has 4 nitrogen and oxygen atoms in total. The van der Waals surface area contributed by atoms with Crippen LogP contribution in [0.1, 0.15) is 10.5 Å². The summed E-state index contributed by atoms with van der Waals surface area (Å²) in [7, 11) is 0.